The van der Waals surface area contributed by atoms with Crippen LogP contribution in [-0.2, 0) is 6.54 Å². The Balaban J connectivity index is 2.69. The Kier molecular flexibility index (Phi) is 4.56. The van der Waals surface area contributed by atoms with E-state index in [0.717, 1.165) is 12.5 Å². The Bertz CT molecular complexity index is 378. The van der Waals surface area contributed by atoms with Crippen LogP contribution in [0.1, 0.15) is 25.3 Å². The maximum absolute atomic E-state index is 13.2. The van der Waals surface area contributed by atoms with Gasteiger partial charge in [-0.1, -0.05) is 19.1 Å². The number of hydrogen-bond donors (Lipinski definition) is 1. The predicted molar refractivity (Wildman–Crippen MR) is 59.8 cm³/mol. The molecule has 1 aromatic rings. The van der Waals surface area contributed by atoms with Crippen LogP contribution in [0.4, 0.5) is 17.6 Å². The molecule has 0 radical (unpaired) electrons. The van der Waals surface area contributed by atoms with Crippen molar-refractivity contribution in [2.75, 3.05) is 0 Å². The van der Waals surface area contributed by atoms with Gasteiger partial charge in [0.15, 0.2) is 0 Å². The van der Waals surface area contributed by atoms with Crippen LogP contribution in [0.15, 0.2) is 24.3 Å². The highest BCUT2D eigenvalue weighted by Crippen LogP contribution is 2.34. The Hall–Kier alpha value is -1.30. The Morgan fingerprint density at radius 3 is 2.11 bits per heavy atom. The van der Waals surface area contributed by atoms with E-state index in [4.69, 9.17) is 5.73 Å². The molecule has 0 fully saturated rings. The van der Waals surface area contributed by atoms with Gasteiger partial charge in [-0.2, -0.15) is 8.78 Å². The van der Waals surface area contributed by atoms with Gasteiger partial charge in [-0.3, -0.25) is 0 Å². The standard InChI is InChI=1S/C12H15F4NO/c1-2-11(13,14)8-12(15,16)18-10-5-3-9(7-17)4-6-10/h3-6H,2,7-8,17H2,1H3. The molecule has 2 N–H and O–H groups in total. The van der Waals surface area contributed by atoms with E-state index in [-0.39, 0.29) is 12.3 Å². The van der Waals surface area contributed by atoms with Crippen molar-refractivity contribution in [3.8, 4) is 5.75 Å². The van der Waals surface area contributed by atoms with Gasteiger partial charge >= 0.3 is 6.11 Å². The molecule has 0 aromatic heterocycles. The fourth-order valence-corrected chi connectivity index (χ4v) is 1.33. The molecule has 1 aromatic carbocycles. The van der Waals surface area contributed by atoms with E-state index in [2.05, 4.69) is 4.74 Å². The fourth-order valence-electron chi connectivity index (χ4n) is 1.33. The van der Waals surface area contributed by atoms with E-state index in [1.54, 1.807) is 0 Å². The molecule has 0 aliphatic rings. The number of benzene rings is 1. The second kappa shape index (κ2) is 5.56. The lowest BCUT2D eigenvalue weighted by atomic mass is 10.2. The predicted octanol–water partition coefficient (Wildman–Crippen LogP) is 3.55. The minimum atomic E-state index is -3.90. The zero-order chi connectivity index (χ0) is 13.8. The summed E-state index contributed by atoms with van der Waals surface area (Å²) in [6, 6.07) is 5.56. The Labute approximate surface area is 103 Å². The first kappa shape index (κ1) is 14.8. The summed E-state index contributed by atoms with van der Waals surface area (Å²) >= 11 is 0. The molecular weight excluding hydrogens is 250 g/mol. The lowest BCUT2D eigenvalue weighted by Gasteiger charge is -2.22. The highest BCUT2D eigenvalue weighted by atomic mass is 19.3. The minimum absolute atomic E-state index is 0.163. The van der Waals surface area contributed by atoms with Gasteiger partial charge in [-0.15, -0.1) is 0 Å². The largest absolute Gasteiger partial charge is 0.432 e. The molecule has 0 saturated heterocycles. The van der Waals surface area contributed by atoms with Gasteiger partial charge in [0.1, 0.15) is 12.2 Å². The molecule has 0 heterocycles. The summed E-state index contributed by atoms with van der Waals surface area (Å²) in [6.45, 7) is 1.41. The molecule has 0 aliphatic heterocycles. The molecule has 0 bridgehead atoms. The van der Waals surface area contributed by atoms with E-state index in [1.807, 2.05) is 0 Å². The van der Waals surface area contributed by atoms with Gasteiger partial charge < -0.3 is 10.5 Å². The highest BCUT2D eigenvalue weighted by molar-refractivity contribution is 5.27. The van der Waals surface area contributed by atoms with Crippen molar-refractivity contribution < 1.29 is 22.3 Å². The molecule has 6 heteroatoms. The summed E-state index contributed by atoms with van der Waals surface area (Å²) in [7, 11) is 0. The summed E-state index contributed by atoms with van der Waals surface area (Å²) in [5.41, 5.74) is 6.08. The maximum atomic E-state index is 13.2. The lowest BCUT2D eigenvalue weighted by Crippen LogP contribution is -2.33. The van der Waals surface area contributed by atoms with Crippen LogP contribution in [-0.4, -0.2) is 12.0 Å². The van der Waals surface area contributed by atoms with E-state index >= 15 is 0 Å². The number of hydrogen-bond acceptors (Lipinski definition) is 2. The van der Waals surface area contributed by atoms with Gasteiger partial charge in [0, 0.05) is 13.0 Å². The van der Waals surface area contributed by atoms with Crippen molar-refractivity contribution in [3.63, 3.8) is 0 Å². The zero-order valence-corrected chi connectivity index (χ0v) is 9.93. The number of rotatable bonds is 6. The molecular formula is C12H15F4NO. The van der Waals surface area contributed by atoms with E-state index < -0.39 is 24.9 Å². The summed E-state index contributed by atoms with van der Waals surface area (Å²) < 4.78 is 56.6. The van der Waals surface area contributed by atoms with E-state index in [9.17, 15) is 17.6 Å². The third kappa shape index (κ3) is 4.52. The summed E-state index contributed by atoms with van der Waals surface area (Å²) in [5, 5.41) is 0. The van der Waals surface area contributed by atoms with Gasteiger partial charge in [-0.05, 0) is 17.7 Å². The number of ether oxygens (including phenoxy) is 1. The first-order valence-corrected chi connectivity index (χ1v) is 5.52. The second-order valence-corrected chi connectivity index (χ2v) is 3.97. The average molecular weight is 265 g/mol. The van der Waals surface area contributed by atoms with Crippen LogP contribution in [0.2, 0.25) is 0 Å². The van der Waals surface area contributed by atoms with Gasteiger partial charge in [0.25, 0.3) is 5.92 Å². The van der Waals surface area contributed by atoms with Gasteiger partial charge in [0.2, 0.25) is 0 Å². The number of alkyl halides is 4. The van der Waals surface area contributed by atoms with Gasteiger partial charge in [-0.25, -0.2) is 8.78 Å². The molecule has 0 spiro atoms. The molecule has 0 atom stereocenters. The first-order chi connectivity index (χ1) is 8.28. The quantitative estimate of drug-likeness (QED) is 0.798. The van der Waals surface area contributed by atoms with Crippen molar-refractivity contribution in [1.82, 2.24) is 0 Å². The third-order valence-electron chi connectivity index (χ3n) is 2.41. The van der Waals surface area contributed by atoms with E-state index in [1.165, 1.54) is 24.3 Å². The van der Waals surface area contributed by atoms with Crippen molar-refractivity contribution >= 4 is 0 Å². The van der Waals surface area contributed by atoms with Crippen LogP contribution in [0.3, 0.4) is 0 Å². The molecule has 0 unspecified atom stereocenters. The van der Waals surface area contributed by atoms with Gasteiger partial charge in [0.05, 0.1) is 0 Å². The smallest absolute Gasteiger partial charge is 0.403 e. The summed E-state index contributed by atoms with van der Waals surface area (Å²) in [5.74, 6) is -3.61. The normalized spacial score (nSPS) is 12.6. The van der Waals surface area contributed by atoms with Crippen molar-refractivity contribution in [1.29, 1.82) is 0 Å². The summed E-state index contributed by atoms with van der Waals surface area (Å²) in [4.78, 5) is 0. The molecule has 1 rings (SSSR count). The highest BCUT2D eigenvalue weighted by Gasteiger charge is 2.44. The fraction of sp³-hybridized carbons (Fsp3) is 0.500. The maximum Gasteiger partial charge on any atom is 0.403 e. The van der Waals surface area contributed by atoms with Crippen LogP contribution in [0.5, 0.6) is 5.75 Å². The van der Waals surface area contributed by atoms with Crippen molar-refractivity contribution in [3.05, 3.63) is 29.8 Å². The van der Waals surface area contributed by atoms with Crippen LogP contribution in [0, 0.1) is 0 Å². The molecule has 0 amide bonds. The molecule has 2 nitrogen and oxygen atoms in total. The van der Waals surface area contributed by atoms with Crippen LogP contribution >= 0.6 is 0 Å². The molecule has 102 valence electrons. The van der Waals surface area contributed by atoms with Crippen LogP contribution < -0.4 is 10.5 Å². The average Bonchev–Trinajstić information content (AvgIpc) is 2.28. The Morgan fingerprint density at radius 2 is 1.67 bits per heavy atom. The topological polar surface area (TPSA) is 35.2 Å². The molecule has 0 saturated carbocycles. The second-order valence-electron chi connectivity index (χ2n) is 3.97. The van der Waals surface area contributed by atoms with E-state index in [0.29, 0.717) is 0 Å². The van der Waals surface area contributed by atoms with Crippen molar-refractivity contribution in [2.45, 2.75) is 38.3 Å². The number of halogens is 4. The third-order valence-corrected chi connectivity index (χ3v) is 2.41. The number of nitrogens with two attached hydrogens (primary N) is 1. The van der Waals surface area contributed by atoms with Crippen molar-refractivity contribution in [2.24, 2.45) is 5.73 Å². The Morgan fingerprint density at radius 1 is 1.11 bits per heavy atom. The summed E-state index contributed by atoms with van der Waals surface area (Å²) in [6.07, 6.45) is -6.18. The SMILES string of the molecule is CCC(F)(F)CC(F)(F)Oc1ccc(CN)cc1. The molecule has 18 heavy (non-hydrogen) atoms. The minimum Gasteiger partial charge on any atom is -0.432 e. The van der Waals surface area contributed by atoms with Crippen LogP contribution in [0.25, 0.3) is 0 Å². The first-order valence-electron chi connectivity index (χ1n) is 5.52. The monoisotopic (exact) mass is 265 g/mol. The molecule has 0 aliphatic carbocycles. The lowest BCUT2D eigenvalue weighted by molar-refractivity contribution is -0.221. The zero-order valence-electron chi connectivity index (χ0n) is 9.93.